The van der Waals surface area contributed by atoms with Crippen LogP contribution in [0.1, 0.15) is 6.92 Å². The first-order valence-electron chi connectivity index (χ1n) is 5.87. The number of fused-ring (bicyclic) bond motifs is 1. The van der Waals surface area contributed by atoms with E-state index in [-0.39, 0.29) is 0 Å². The van der Waals surface area contributed by atoms with Gasteiger partial charge in [0.05, 0.1) is 11.9 Å². The van der Waals surface area contributed by atoms with Crippen molar-refractivity contribution in [1.29, 1.82) is 0 Å². The Bertz CT molecular complexity index is 659. The lowest BCUT2D eigenvalue weighted by atomic mass is 10.2. The van der Waals surface area contributed by atoms with Crippen LogP contribution in [-0.2, 0) is 0 Å². The SMILES string of the molecule is CCNc1cc(-c2cccnc2)nc2ccnn12. The lowest BCUT2D eigenvalue weighted by Crippen LogP contribution is -2.05. The Labute approximate surface area is 105 Å². The molecule has 18 heavy (non-hydrogen) atoms. The Kier molecular flexibility index (Phi) is 2.64. The fourth-order valence-electron chi connectivity index (χ4n) is 1.88. The van der Waals surface area contributed by atoms with Gasteiger partial charge >= 0.3 is 0 Å². The van der Waals surface area contributed by atoms with Crippen LogP contribution in [0.4, 0.5) is 5.82 Å². The number of hydrogen-bond donors (Lipinski definition) is 1. The molecule has 0 spiro atoms. The van der Waals surface area contributed by atoms with E-state index in [0.717, 1.165) is 29.3 Å². The minimum Gasteiger partial charge on any atom is -0.370 e. The van der Waals surface area contributed by atoms with Crippen molar-refractivity contribution in [3.63, 3.8) is 0 Å². The third-order valence-corrected chi connectivity index (χ3v) is 2.67. The van der Waals surface area contributed by atoms with E-state index in [1.165, 1.54) is 0 Å². The van der Waals surface area contributed by atoms with Gasteiger partial charge in [0.25, 0.3) is 0 Å². The van der Waals surface area contributed by atoms with Gasteiger partial charge in [0.1, 0.15) is 5.82 Å². The van der Waals surface area contributed by atoms with E-state index in [1.807, 2.05) is 30.5 Å². The fourth-order valence-corrected chi connectivity index (χ4v) is 1.88. The van der Waals surface area contributed by atoms with Crippen molar-refractivity contribution in [3.05, 3.63) is 42.9 Å². The van der Waals surface area contributed by atoms with Crippen molar-refractivity contribution in [2.75, 3.05) is 11.9 Å². The Balaban J connectivity index is 2.19. The summed E-state index contributed by atoms with van der Waals surface area (Å²) < 4.78 is 1.80. The van der Waals surface area contributed by atoms with E-state index in [0.29, 0.717) is 0 Å². The molecule has 5 heteroatoms. The molecular formula is C13H13N5. The predicted molar refractivity (Wildman–Crippen MR) is 70.4 cm³/mol. The summed E-state index contributed by atoms with van der Waals surface area (Å²) in [6.07, 6.45) is 5.31. The number of hydrogen-bond acceptors (Lipinski definition) is 4. The summed E-state index contributed by atoms with van der Waals surface area (Å²) in [5.41, 5.74) is 2.72. The molecule has 0 aliphatic carbocycles. The van der Waals surface area contributed by atoms with Crippen molar-refractivity contribution in [2.45, 2.75) is 6.92 Å². The lowest BCUT2D eigenvalue weighted by molar-refractivity contribution is 0.933. The first-order valence-corrected chi connectivity index (χ1v) is 5.87. The van der Waals surface area contributed by atoms with E-state index in [1.54, 1.807) is 16.9 Å². The van der Waals surface area contributed by atoms with Crippen LogP contribution >= 0.6 is 0 Å². The van der Waals surface area contributed by atoms with Gasteiger partial charge in [-0.3, -0.25) is 4.98 Å². The van der Waals surface area contributed by atoms with Gasteiger partial charge in [-0.05, 0) is 19.1 Å². The summed E-state index contributed by atoms with van der Waals surface area (Å²) in [5, 5.41) is 7.53. The molecule has 0 atom stereocenters. The van der Waals surface area contributed by atoms with Gasteiger partial charge in [-0.1, -0.05) is 0 Å². The van der Waals surface area contributed by atoms with E-state index < -0.39 is 0 Å². The molecule has 0 radical (unpaired) electrons. The minimum atomic E-state index is 0.826. The van der Waals surface area contributed by atoms with Crippen molar-refractivity contribution >= 4 is 11.5 Å². The largest absolute Gasteiger partial charge is 0.370 e. The molecule has 0 amide bonds. The second kappa shape index (κ2) is 4.44. The first-order chi connectivity index (χ1) is 8.88. The first kappa shape index (κ1) is 10.7. The average molecular weight is 239 g/mol. The second-order valence-corrected chi connectivity index (χ2v) is 3.90. The number of nitrogens with one attached hydrogen (secondary N) is 1. The van der Waals surface area contributed by atoms with Gasteiger partial charge in [0.15, 0.2) is 5.65 Å². The molecule has 3 aromatic heterocycles. The summed E-state index contributed by atoms with van der Waals surface area (Å²) in [5.74, 6) is 0.936. The zero-order chi connectivity index (χ0) is 12.4. The number of rotatable bonds is 3. The van der Waals surface area contributed by atoms with Crippen molar-refractivity contribution in [1.82, 2.24) is 19.6 Å². The summed E-state index contributed by atoms with van der Waals surface area (Å²) in [6.45, 7) is 2.89. The van der Waals surface area contributed by atoms with Crippen LogP contribution in [0, 0.1) is 0 Å². The molecule has 0 aromatic carbocycles. The molecule has 0 saturated heterocycles. The molecule has 0 aliphatic rings. The highest BCUT2D eigenvalue weighted by molar-refractivity contribution is 5.65. The Morgan fingerprint density at radius 1 is 1.28 bits per heavy atom. The van der Waals surface area contributed by atoms with E-state index in [2.05, 4.69) is 27.3 Å². The van der Waals surface area contributed by atoms with Crippen LogP contribution in [0.2, 0.25) is 0 Å². The van der Waals surface area contributed by atoms with Crippen LogP contribution in [-0.4, -0.2) is 26.1 Å². The normalized spacial score (nSPS) is 10.7. The minimum absolute atomic E-state index is 0.826. The predicted octanol–water partition coefficient (Wildman–Crippen LogP) is 2.22. The van der Waals surface area contributed by atoms with Crippen LogP contribution in [0.15, 0.2) is 42.9 Å². The van der Waals surface area contributed by atoms with Gasteiger partial charge in [-0.15, -0.1) is 0 Å². The van der Waals surface area contributed by atoms with Gasteiger partial charge < -0.3 is 5.32 Å². The van der Waals surface area contributed by atoms with Crippen molar-refractivity contribution in [3.8, 4) is 11.3 Å². The number of pyridine rings is 1. The van der Waals surface area contributed by atoms with E-state index in [9.17, 15) is 0 Å². The number of aromatic nitrogens is 4. The Morgan fingerprint density at radius 2 is 2.22 bits per heavy atom. The fraction of sp³-hybridized carbons (Fsp3) is 0.154. The van der Waals surface area contributed by atoms with E-state index >= 15 is 0 Å². The van der Waals surface area contributed by atoms with Crippen LogP contribution < -0.4 is 5.32 Å². The molecule has 0 saturated carbocycles. The molecule has 3 rings (SSSR count). The van der Waals surface area contributed by atoms with Gasteiger partial charge in [-0.25, -0.2) is 4.98 Å². The molecule has 0 unspecified atom stereocenters. The molecular weight excluding hydrogens is 226 g/mol. The molecule has 0 fully saturated rings. The summed E-state index contributed by atoms with van der Waals surface area (Å²) in [6, 6.07) is 7.78. The third kappa shape index (κ3) is 1.79. The zero-order valence-corrected chi connectivity index (χ0v) is 10.0. The topological polar surface area (TPSA) is 55.1 Å². The second-order valence-electron chi connectivity index (χ2n) is 3.90. The van der Waals surface area contributed by atoms with Crippen LogP contribution in [0.5, 0.6) is 0 Å². The quantitative estimate of drug-likeness (QED) is 0.761. The molecule has 5 nitrogen and oxygen atoms in total. The maximum Gasteiger partial charge on any atom is 0.157 e. The third-order valence-electron chi connectivity index (χ3n) is 2.67. The van der Waals surface area contributed by atoms with Gasteiger partial charge in [0, 0.05) is 36.6 Å². The molecule has 90 valence electrons. The highest BCUT2D eigenvalue weighted by Gasteiger charge is 2.07. The Hall–Kier alpha value is -2.43. The number of nitrogens with zero attached hydrogens (tertiary/aromatic N) is 4. The maximum atomic E-state index is 4.57. The summed E-state index contributed by atoms with van der Waals surface area (Å²) in [7, 11) is 0. The van der Waals surface area contributed by atoms with Gasteiger partial charge in [-0.2, -0.15) is 9.61 Å². The van der Waals surface area contributed by atoms with Crippen LogP contribution in [0.25, 0.3) is 16.9 Å². The standard InChI is InChI=1S/C13H13N5/c1-2-15-13-8-11(10-4-3-6-14-9-10)17-12-5-7-16-18(12)13/h3-9,15H,2H2,1H3. The highest BCUT2D eigenvalue weighted by atomic mass is 15.3. The zero-order valence-electron chi connectivity index (χ0n) is 10.0. The molecule has 3 aromatic rings. The molecule has 3 heterocycles. The number of anilines is 1. The van der Waals surface area contributed by atoms with E-state index in [4.69, 9.17) is 0 Å². The lowest BCUT2D eigenvalue weighted by Gasteiger charge is -2.08. The molecule has 1 N–H and O–H groups in total. The highest BCUT2D eigenvalue weighted by Crippen LogP contribution is 2.20. The Morgan fingerprint density at radius 3 is 3.00 bits per heavy atom. The van der Waals surface area contributed by atoms with Crippen molar-refractivity contribution < 1.29 is 0 Å². The smallest absolute Gasteiger partial charge is 0.157 e. The van der Waals surface area contributed by atoms with Gasteiger partial charge in [0.2, 0.25) is 0 Å². The molecule has 0 aliphatic heterocycles. The monoisotopic (exact) mass is 239 g/mol. The van der Waals surface area contributed by atoms with Crippen LogP contribution in [0.3, 0.4) is 0 Å². The maximum absolute atomic E-state index is 4.57. The summed E-state index contributed by atoms with van der Waals surface area (Å²) >= 11 is 0. The average Bonchev–Trinajstić information content (AvgIpc) is 2.88. The van der Waals surface area contributed by atoms with Crippen molar-refractivity contribution in [2.24, 2.45) is 0 Å². The summed E-state index contributed by atoms with van der Waals surface area (Å²) in [4.78, 5) is 8.69. The molecule has 0 bridgehead atoms.